The van der Waals surface area contributed by atoms with E-state index in [9.17, 15) is 0 Å². The number of likely N-dealkylation sites (N-methyl/N-ethyl adjacent to an activating group) is 1. The van der Waals surface area contributed by atoms with Crippen molar-refractivity contribution in [3.63, 3.8) is 0 Å². The van der Waals surface area contributed by atoms with Crippen LogP contribution < -0.4 is 5.73 Å². The molecule has 0 aliphatic carbocycles. The fourth-order valence-electron chi connectivity index (χ4n) is 2.37. The first-order valence-electron chi connectivity index (χ1n) is 6.51. The summed E-state index contributed by atoms with van der Waals surface area (Å²) in [5.74, 6) is 0.290. The molecular formula is C13H27N3O. The van der Waals surface area contributed by atoms with Crippen LogP contribution >= 0.6 is 0 Å². The molecule has 1 fully saturated rings. The lowest BCUT2D eigenvalue weighted by molar-refractivity contribution is 0.0826. The molecule has 4 heteroatoms. The highest BCUT2D eigenvalue weighted by molar-refractivity contribution is 5.82. The number of hydrogen-bond acceptors (Lipinski definition) is 3. The molecule has 100 valence electrons. The molecular weight excluding hydrogens is 214 g/mol. The van der Waals surface area contributed by atoms with E-state index in [0.717, 1.165) is 32.4 Å². The van der Waals surface area contributed by atoms with E-state index in [1.54, 1.807) is 0 Å². The number of amidine groups is 1. The van der Waals surface area contributed by atoms with E-state index in [-0.39, 0.29) is 11.3 Å². The molecule has 3 N–H and O–H groups in total. The van der Waals surface area contributed by atoms with Crippen molar-refractivity contribution in [3.8, 4) is 0 Å². The zero-order valence-electron chi connectivity index (χ0n) is 11.6. The Balaban J connectivity index is 2.29. The Morgan fingerprint density at radius 1 is 1.53 bits per heavy atom. The first kappa shape index (κ1) is 14.5. The predicted octanol–water partition coefficient (Wildman–Crippen LogP) is 1.84. The van der Waals surface area contributed by atoms with Crippen molar-refractivity contribution in [2.45, 2.75) is 52.2 Å². The number of nitrogens with one attached hydrogen (secondary N) is 1. The summed E-state index contributed by atoms with van der Waals surface area (Å²) in [5.41, 5.74) is 5.41. The largest absolute Gasteiger partial charge is 0.387 e. The Kier molecular flexibility index (Phi) is 4.95. The minimum atomic E-state index is -0.168. The van der Waals surface area contributed by atoms with Gasteiger partial charge in [0.2, 0.25) is 0 Å². The molecule has 0 saturated carbocycles. The van der Waals surface area contributed by atoms with Gasteiger partial charge in [0.25, 0.3) is 0 Å². The van der Waals surface area contributed by atoms with Gasteiger partial charge in [0.05, 0.1) is 11.9 Å². The molecule has 0 aromatic heterocycles. The second-order valence-electron chi connectivity index (χ2n) is 5.81. The van der Waals surface area contributed by atoms with E-state index >= 15 is 0 Å². The van der Waals surface area contributed by atoms with Crippen molar-refractivity contribution in [1.29, 1.82) is 5.41 Å². The van der Waals surface area contributed by atoms with Crippen LogP contribution in [0, 0.1) is 10.8 Å². The Bertz CT molecular complexity index is 265. The first-order chi connectivity index (χ1) is 7.84. The fourth-order valence-corrected chi connectivity index (χ4v) is 2.37. The third-order valence-corrected chi connectivity index (χ3v) is 3.94. The molecule has 0 spiro atoms. The molecule has 2 unspecified atom stereocenters. The highest BCUT2D eigenvalue weighted by atomic mass is 16.5. The molecule has 2 atom stereocenters. The van der Waals surface area contributed by atoms with Crippen molar-refractivity contribution < 1.29 is 4.74 Å². The maximum atomic E-state index is 7.53. The van der Waals surface area contributed by atoms with E-state index < -0.39 is 0 Å². The zero-order valence-corrected chi connectivity index (χ0v) is 11.6. The number of ether oxygens (including phenoxy) is 1. The van der Waals surface area contributed by atoms with Gasteiger partial charge < -0.3 is 15.4 Å². The van der Waals surface area contributed by atoms with Gasteiger partial charge in [0.15, 0.2) is 0 Å². The lowest BCUT2D eigenvalue weighted by Crippen LogP contribution is -2.38. The Morgan fingerprint density at radius 2 is 2.18 bits per heavy atom. The van der Waals surface area contributed by atoms with Crippen LogP contribution in [0.2, 0.25) is 0 Å². The summed E-state index contributed by atoms with van der Waals surface area (Å²) in [6.45, 7) is 8.16. The molecule has 17 heavy (non-hydrogen) atoms. The monoisotopic (exact) mass is 241 g/mol. The second kappa shape index (κ2) is 5.83. The Labute approximate surface area is 105 Å². The van der Waals surface area contributed by atoms with Gasteiger partial charge in [-0.1, -0.05) is 13.8 Å². The highest BCUT2D eigenvalue weighted by Crippen LogP contribution is 2.23. The van der Waals surface area contributed by atoms with Crippen LogP contribution in [-0.4, -0.2) is 43.1 Å². The third kappa shape index (κ3) is 3.96. The molecule has 0 amide bonds. The molecule has 1 aliphatic rings. The lowest BCUT2D eigenvalue weighted by atomic mass is 9.86. The maximum absolute atomic E-state index is 7.53. The highest BCUT2D eigenvalue weighted by Gasteiger charge is 2.28. The van der Waals surface area contributed by atoms with Gasteiger partial charge in [0.1, 0.15) is 0 Å². The number of nitrogens with zero attached hydrogens (tertiary/aromatic N) is 1. The predicted molar refractivity (Wildman–Crippen MR) is 71.4 cm³/mol. The molecule has 4 nitrogen and oxygen atoms in total. The van der Waals surface area contributed by atoms with Crippen molar-refractivity contribution in [2.24, 2.45) is 11.1 Å². The van der Waals surface area contributed by atoms with Crippen LogP contribution in [-0.2, 0) is 4.74 Å². The van der Waals surface area contributed by atoms with Crippen molar-refractivity contribution in [3.05, 3.63) is 0 Å². The van der Waals surface area contributed by atoms with E-state index in [2.05, 4.69) is 18.9 Å². The minimum absolute atomic E-state index is 0.168. The van der Waals surface area contributed by atoms with Gasteiger partial charge in [-0.05, 0) is 39.8 Å². The van der Waals surface area contributed by atoms with Crippen LogP contribution in [0.3, 0.4) is 0 Å². The molecule has 0 aromatic carbocycles. The minimum Gasteiger partial charge on any atom is -0.387 e. The fraction of sp³-hybridized carbons (Fsp3) is 0.923. The maximum Gasteiger partial charge on any atom is 0.0963 e. The van der Waals surface area contributed by atoms with Crippen LogP contribution in [0.4, 0.5) is 0 Å². The average molecular weight is 241 g/mol. The zero-order chi connectivity index (χ0) is 13.1. The van der Waals surface area contributed by atoms with Gasteiger partial charge in [-0.3, -0.25) is 5.41 Å². The van der Waals surface area contributed by atoms with Gasteiger partial charge in [0, 0.05) is 18.1 Å². The Hall–Kier alpha value is -0.610. The van der Waals surface area contributed by atoms with Crippen molar-refractivity contribution in [2.75, 3.05) is 20.2 Å². The number of nitrogens with two attached hydrogens (primary N) is 1. The third-order valence-electron chi connectivity index (χ3n) is 3.94. The van der Waals surface area contributed by atoms with Gasteiger partial charge >= 0.3 is 0 Å². The topological polar surface area (TPSA) is 62.3 Å². The van der Waals surface area contributed by atoms with Gasteiger partial charge in [-0.25, -0.2) is 0 Å². The summed E-state index contributed by atoms with van der Waals surface area (Å²) >= 11 is 0. The summed E-state index contributed by atoms with van der Waals surface area (Å²) in [4.78, 5) is 2.38. The second-order valence-corrected chi connectivity index (χ2v) is 5.81. The van der Waals surface area contributed by atoms with Crippen molar-refractivity contribution >= 4 is 5.84 Å². The van der Waals surface area contributed by atoms with Crippen LogP contribution in [0.5, 0.6) is 0 Å². The molecule has 0 aromatic rings. The normalized spacial score (nSPS) is 25.5. The van der Waals surface area contributed by atoms with Crippen molar-refractivity contribution in [1.82, 2.24) is 4.90 Å². The van der Waals surface area contributed by atoms with Gasteiger partial charge in [-0.15, -0.1) is 0 Å². The summed E-state index contributed by atoms with van der Waals surface area (Å²) in [6, 6.07) is 0.551. The molecule has 1 saturated heterocycles. The molecule has 0 bridgehead atoms. The lowest BCUT2D eigenvalue weighted by Gasteiger charge is -2.28. The molecule has 0 radical (unpaired) electrons. The van der Waals surface area contributed by atoms with E-state index in [1.165, 1.54) is 0 Å². The van der Waals surface area contributed by atoms with Gasteiger partial charge in [-0.2, -0.15) is 0 Å². The first-order valence-corrected chi connectivity index (χ1v) is 6.51. The van der Waals surface area contributed by atoms with E-state index in [0.29, 0.717) is 12.1 Å². The van der Waals surface area contributed by atoms with Crippen LogP contribution in [0.25, 0.3) is 0 Å². The van der Waals surface area contributed by atoms with E-state index in [1.807, 2.05) is 13.8 Å². The molecule has 1 aliphatic heterocycles. The van der Waals surface area contributed by atoms with E-state index in [4.69, 9.17) is 15.9 Å². The summed E-state index contributed by atoms with van der Waals surface area (Å²) < 4.78 is 5.58. The standard InChI is InChI=1S/C13H27N3O/c1-10-11(6-9-17-10)16(4)8-5-7-13(2,3)12(14)15/h10-11H,5-9H2,1-4H3,(H3,14,15). The SMILES string of the molecule is CC1OCCC1N(C)CCCC(C)(C)C(=N)N. The molecule has 1 rings (SSSR count). The summed E-state index contributed by atoms with van der Waals surface area (Å²) in [5, 5.41) is 7.53. The van der Waals surface area contributed by atoms with Crippen LogP contribution in [0.1, 0.15) is 40.0 Å². The summed E-state index contributed by atoms with van der Waals surface area (Å²) in [6.07, 6.45) is 3.52. The quantitative estimate of drug-likeness (QED) is 0.551. The number of hydrogen-bond donors (Lipinski definition) is 2. The molecule has 1 heterocycles. The number of rotatable bonds is 6. The van der Waals surface area contributed by atoms with Crippen LogP contribution in [0.15, 0.2) is 0 Å². The summed E-state index contributed by atoms with van der Waals surface area (Å²) in [7, 11) is 2.16. The Morgan fingerprint density at radius 3 is 2.65 bits per heavy atom. The smallest absolute Gasteiger partial charge is 0.0963 e. The average Bonchev–Trinajstić information content (AvgIpc) is 2.63.